The van der Waals surface area contributed by atoms with E-state index >= 15 is 0 Å². The molecule has 0 aliphatic carbocycles. The molecule has 2 atom stereocenters. The van der Waals surface area contributed by atoms with Gasteiger partial charge in [0.15, 0.2) is 5.78 Å². The largest absolute Gasteiger partial charge is 0.322 e. The number of urea groups is 1. The Bertz CT molecular complexity index is 867. The Morgan fingerprint density at radius 2 is 1.67 bits per heavy atom. The zero-order chi connectivity index (χ0) is 20.9. The molecule has 1 N–H and O–H groups in total. The van der Waals surface area contributed by atoms with Gasteiger partial charge in [-0.15, -0.1) is 0 Å². The van der Waals surface area contributed by atoms with Crippen molar-refractivity contribution in [2.75, 3.05) is 38.0 Å². The van der Waals surface area contributed by atoms with Crippen LogP contribution >= 0.6 is 11.6 Å². The van der Waals surface area contributed by atoms with Crippen molar-refractivity contribution in [2.24, 2.45) is 5.92 Å². The van der Waals surface area contributed by atoms with E-state index in [9.17, 15) is 9.59 Å². The predicted octanol–water partition coefficient (Wildman–Crippen LogP) is 3.71. The summed E-state index contributed by atoms with van der Waals surface area (Å²) < 4.78 is 0. The zero-order valence-electron chi connectivity index (χ0n) is 16.8. The van der Waals surface area contributed by atoms with Crippen molar-refractivity contribution in [3.63, 3.8) is 0 Å². The Labute approximate surface area is 182 Å². The first-order chi connectivity index (χ1) is 14.6. The molecule has 2 aromatic rings. The molecule has 0 spiro atoms. The highest BCUT2D eigenvalue weighted by Crippen LogP contribution is 2.25. The number of para-hydroxylation sites is 1. The number of nitrogens with one attached hydrogen (secondary N) is 1. The van der Waals surface area contributed by atoms with Gasteiger partial charge in [-0.25, -0.2) is 10.1 Å². The second kappa shape index (κ2) is 9.60. The fraction of sp³-hybridized carbons (Fsp3) is 0.391. The summed E-state index contributed by atoms with van der Waals surface area (Å²) in [6.07, 6.45) is 1.56. The van der Waals surface area contributed by atoms with Crippen LogP contribution in [0, 0.1) is 5.92 Å². The first kappa shape index (κ1) is 20.8. The van der Waals surface area contributed by atoms with Crippen molar-refractivity contribution >= 4 is 29.1 Å². The lowest BCUT2D eigenvalue weighted by molar-refractivity contribution is 0.0582. The normalized spacial score (nSPS) is 22.5. The quantitative estimate of drug-likeness (QED) is 0.759. The van der Waals surface area contributed by atoms with Gasteiger partial charge in [0.2, 0.25) is 0 Å². The highest BCUT2D eigenvalue weighted by atomic mass is 35.5. The molecule has 2 aliphatic heterocycles. The minimum atomic E-state index is -0.0720. The van der Waals surface area contributed by atoms with Crippen molar-refractivity contribution in [1.82, 2.24) is 15.1 Å². The zero-order valence-corrected chi connectivity index (χ0v) is 17.6. The van der Waals surface area contributed by atoms with Gasteiger partial charge < -0.3 is 10.2 Å². The third-order valence-corrected chi connectivity index (χ3v) is 6.11. The van der Waals surface area contributed by atoms with Crippen LogP contribution in [-0.4, -0.2) is 60.5 Å². The Morgan fingerprint density at radius 3 is 2.37 bits per heavy atom. The van der Waals surface area contributed by atoms with Gasteiger partial charge in [-0.2, -0.15) is 0 Å². The SMILES string of the molecule is O=C(c1ccc(Cl)cc1)C1CC[N]C(N2CCN(C(=O)Nc3ccccc3)CC2)C1. The molecule has 6 nitrogen and oxygen atoms in total. The van der Waals surface area contributed by atoms with E-state index in [2.05, 4.69) is 10.2 Å². The third-order valence-electron chi connectivity index (χ3n) is 5.86. The van der Waals surface area contributed by atoms with Crippen molar-refractivity contribution in [3.8, 4) is 0 Å². The molecule has 0 aromatic heterocycles. The number of anilines is 1. The summed E-state index contributed by atoms with van der Waals surface area (Å²) in [5, 5.41) is 8.34. The molecular weight excluding hydrogens is 400 g/mol. The van der Waals surface area contributed by atoms with Crippen molar-refractivity contribution in [3.05, 3.63) is 65.2 Å². The molecule has 2 fully saturated rings. The van der Waals surface area contributed by atoms with Gasteiger partial charge in [0.05, 0.1) is 6.17 Å². The molecule has 157 valence electrons. The van der Waals surface area contributed by atoms with Crippen LogP contribution in [0.3, 0.4) is 0 Å². The van der Waals surface area contributed by atoms with Gasteiger partial charge >= 0.3 is 6.03 Å². The number of hydrogen-bond acceptors (Lipinski definition) is 3. The molecule has 30 heavy (non-hydrogen) atoms. The van der Waals surface area contributed by atoms with E-state index < -0.39 is 0 Å². The minimum absolute atomic E-state index is 0.0203. The van der Waals surface area contributed by atoms with Crippen LogP contribution in [0.1, 0.15) is 23.2 Å². The fourth-order valence-electron chi connectivity index (χ4n) is 4.13. The summed E-state index contributed by atoms with van der Waals surface area (Å²) in [5.41, 5.74) is 1.52. The Kier molecular flexibility index (Phi) is 6.67. The molecule has 7 heteroatoms. The van der Waals surface area contributed by atoms with E-state index in [1.807, 2.05) is 35.2 Å². The molecule has 2 amide bonds. The number of rotatable bonds is 4. The molecule has 2 aliphatic rings. The van der Waals surface area contributed by atoms with E-state index in [1.54, 1.807) is 24.3 Å². The summed E-state index contributed by atoms with van der Waals surface area (Å²) in [6.45, 7) is 3.53. The van der Waals surface area contributed by atoms with Gasteiger partial charge in [0, 0.05) is 54.9 Å². The monoisotopic (exact) mass is 425 g/mol. The summed E-state index contributed by atoms with van der Waals surface area (Å²) in [7, 11) is 0. The minimum Gasteiger partial charge on any atom is -0.322 e. The van der Waals surface area contributed by atoms with Crippen molar-refractivity contribution in [2.45, 2.75) is 19.0 Å². The maximum Gasteiger partial charge on any atom is 0.321 e. The van der Waals surface area contributed by atoms with E-state index in [-0.39, 0.29) is 23.9 Å². The van der Waals surface area contributed by atoms with E-state index in [1.165, 1.54) is 0 Å². The van der Waals surface area contributed by atoms with Gasteiger partial charge in [-0.05, 0) is 49.2 Å². The highest BCUT2D eigenvalue weighted by Gasteiger charge is 2.33. The van der Waals surface area contributed by atoms with Crippen LogP contribution < -0.4 is 10.6 Å². The fourth-order valence-corrected chi connectivity index (χ4v) is 4.25. The number of nitrogens with zero attached hydrogens (tertiary/aromatic N) is 3. The Balaban J connectivity index is 1.29. The lowest BCUT2D eigenvalue weighted by atomic mass is 9.87. The number of benzene rings is 2. The van der Waals surface area contributed by atoms with E-state index in [0.29, 0.717) is 30.2 Å². The molecule has 1 radical (unpaired) electrons. The number of carbonyl (C=O) groups is 2. The number of halogens is 1. The summed E-state index contributed by atoms with van der Waals surface area (Å²) >= 11 is 5.94. The van der Waals surface area contributed by atoms with Gasteiger partial charge in [0.1, 0.15) is 0 Å². The van der Waals surface area contributed by atoms with Crippen LogP contribution in [0.25, 0.3) is 0 Å². The lowest BCUT2D eigenvalue weighted by Crippen LogP contribution is -2.56. The summed E-state index contributed by atoms with van der Waals surface area (Å²) in [6, 6.07) is 16.5. The van der Waals surface area contributed by atoms with Gasteiger partial charge in [-0.1, -0.05) is 29.8 Å². The molecule has 2 heterocycles. The standard InChI is InChI=1S/C23H26ClN4O2/c24-19-8-6-17(7-9-19)22(29)18-10-11-25-21(16-18)27-12-14-28(15-13-27)23(30)26-20-4-2-1-3-5-20/h1-9,18,21H,10-16H2,(H,26,30). The maximum absolute atomic E-state index is 12.9. The molecule has 0 saturated carbocycles. The second-order valence-electron chi connectivity index (χ2n) is 7.80. The van der Waals surface area contributed by atoms with Crippen LogP contribution in [0.2, 0.25) is 5.02 Å². The van der Waals surface area contributed by atoms with E-state index in [0.717, 1.165) is 31.6 Å². The number of piperazine rings is 1. The molecule has 2 aromatic carbocycles. The van der Waals surface area contributed by atoms with Crippen LogP contribution in [0.4, 0.5) is 10.5 Å². The molecule has 0 bridgehead atoms. The first-order valence-corrected chi connectivity index (χ1v) is 10.8. The number of Topliss-reactive ketones (excluding diaryl/α,β-unsaturated/α-hetero) is 1. The smallest absolute Gasteiger partial charge is 0.321 e. The number of amides is 2. The van der Waals surface area contributed by atoms with Crippen molar-refractivity contribution in [1.29, 1.82) is 0 Å². The van der Waals surface area contributed by atoms with Crippen LogP contribution in [-0.2, 0) is 0 Å². The summed E-state index contributed by atoms with van der Waals surface area (Å²) in [5.74, 6) is 0.153. The Hall–Kier alpha value is -2.41. The topological polar surface area (TPSA) is 66.8 Å². The second-order valence-corrected chi connectivity index (χ2v) is 8.23. The Morgan fingerprint density at radius 1 is 0.967 bits per heavy atom. The van der Waals surface area contributed by atoms with Gasteiger partial charge in [-0.3, -0.25) is 9.69 Å². The molecular formula is C23H26ClN4O2. The third kappa shape index (κ3) is 5.01. The number of carbonyl (C=O) groups excluding carboxylic acids is 2. The average molecular weight is 426 g/mol. The van der Waals surface area contributed by atoms with Crippen LogP contribution in [0.5, 0.6) is 0 Å². The van der Waals surface area contributed by atoms with Crippen LogP contribution in [0.15, 0.2) is 54.6 Å². The predicted molar refractivity (Wildman–Crippen MR) is 118 cm³/mol. The first-order valence-electron chi connectivity index (χ1n) is 10.4. The van der Waals surface area contributed by atoms with E-state index in [4.69, 9.17) is 16.9 Å². The van der Waals surface area contributed by atoms with Gasteiger partial charge in [0.25, 0.3) is 0 Å². The average Bonchev–Trinajstić information content (AvgIpc) is 2.80. The van der Waals surface area contributed by atoms with Crippen molar-refractivity contribution < 1.29 is 9.59 Å². The number of piperidine rings is 1. The number of ketones is 1. The highest BCUT2D eigenvalue weighted by molar-refractivity contribution is 6.30. The molecule has 2 saturated heterocycles. The lowest BCUT2D eigenvalue weighted by Gasteiger charge is -2.41. The molecule has 2 unspecified atom stereocenters. The number of hydrogen-bond donors (Lipinski definition) is 1. The summed E-state index contributed by atoms with van der Waals surface area (Å²) in [4.78, 5) is 29.5. The maximum atomic E-state index is 12.9. The molecule has 4 rings (SSSR count).